The quantitative estimate of drug-likeness (QED) is 0.814. The van der Waals surface area contributed by atoms with Crippen LogP contribution in [0.3, 0.4) is 0 Å². The van der Waals surface area contributed by atoms with Gasteiger partial charge in [0.2, 0.25) is 0 Å². The molecular weight excluding hydrogens is 310 g/mol. The van der Waals surface area contributed by atoms with Crippen molar-refractivity contribution in [3.63, 3.8) is 0 Å². The summed E-state index contributed by atoms with van der Waals surface area (Å²) in [5.41, 5.74) is 0.827. The van der Waals surface area contributed by atoms with Crippen molar-refractivity contribution >= 4 is 28.9 Å². The summed E-state index contributed by atoms with van der Waals surface area (Å²) in [6, 6.07) is 9.03. The molecule has 4 nitrogen and oxygen atoms in total. The van der Waals surface area contributed by atoms with E-state index in [0.717, 1.165) is 10.4 Å². The van der Waals surface area contributed by atoms with E-state index in [-0.39, 0.29) is 12.5 Å². The third-order valence-electron chi connectivity index (χ3n) is 3.09. The van der Waals surface area contributed by atoms with Gasteiger partial charge in [0, 0.05) is 22.0 Å². The number of methoxy groups -OCH3 is 1. The molecule has 0 fully saturated rings. The molecule has 0 radical (unpaired) electrons. The third-order valence-corrected chi connectivity index (χ3v) is 4.43. The lowest BCUT2D eigenvalue weighted by Gasteiger charge is -2.17. The van der Waals surface area contributed by atoms with E-state index in [4.69, 9.17) is 21.4 Å². The van der Waals surface area contributed by atoms with Crippen LogP contribution in [0.1, 0.15) is 22.9 Å². The fourth-order valence-electron chi connectivity index (χ4n) is 2.06. The third kappa shape index (κ3) is 4.20. The molecule has 1 unspecified atom stereocenters. The summed E-state index contributed by atoms with van der Waals surface area (Å²) in [6.45, 7) is 0.443. The van der Waals surface area contributed by atoms with Crippen LogP contribution in [0.5, 0.6) is 5.75 Å². The van der Waals surface area contributed by atoms with Crippen LogP contribution in [0.4, 0.5) is 0 Å². The van der Waals surface area contributed by atoms with Gasteiger partial charge < -0.3 is 15.2 Å². The number of hydrogen-bond donors (Lipinski definition) is 2. The van der Waals surface area contributed by atoms with Crippen LogP contribution in [0, 0.1) is 0 Å². The number of hydrogen-bond acceptors (Lipinski definition) is 4. The van der Waals surface area contributed by atoms with Gasteiger partial charge in [0.1, 0.15) is 5.75 Å². The second-order valence-corrected chi connectivity index (χ2v) is 5.85. The van der Waals surface area contributed by atoms with Crippen LogP contribution in [0.25, 0.3) is 0 Å². The van der Waals surface area contributed by atoms with Gasteiger partial charge >= 0.3 is 5.97 Å². The maximum absolute atomic E-state index is 11.0. The van der Waals surface area contributed by atoms with Gasteiger partial charge in [-0.2, -0.15) is 0 Å². The van der Waals surface area contributed by atoms with Crippen molar-refractivity contribution in [3.05, 3.63) is 51.2 Å². The number of benzene rings is 1. The Hall–Kier alpha value is -1.56. The SMILES string of the molecule is COc1cccc(Cl)c1CNC(CC(=O)O)c1cccs1. The second-order valence-electron chi connectivity index (χ2n) is 4.47. The van der Waals surface area contributed by atoms with Gasteiger partial charge in [0.25, 0.3) is 0 Å². The molecule has 0 aliphatic heterocycles. The summed E-state index contributed by atoms with van der Waals surface area (Å²) in [5, 5.41) is 14.8. The highest BCUT2D eigenvalue weighted by Crippen LogP contribution is 2.28. The maximum Gasteiger partial charge on any atom is 0.305 e. The van der Waals surface area contributed by atoms with Gasteiger partial charge in [-0.1, -0.05) is 23.7 Å². The van der Waals surface area contributed by atoms with E-state index < -0.39 is 5.97 Å². The number of halogens is 1. The fraction of sp³-hybridized carbons (Fsp3) is 0.267. The molecule has 1 aromatic heterocycles. The van der Waals surface area contributed by atoms with Crippen LogP contribution in [-0.4, -0.2) is 18.2 Å². The van der Waals surface area contributed by atoms with Crippen LogP contribution in [-0.2, 0) is 11.3 Å². The number of thiophene rings is 1. The topological polar surface area (TPSA) is 58.6 Å². The molecule has 6 heteroatoms. The van der Waals surface area contributed by atoms with Gasteiger partial charge in [-0.25, -0.2) is 0 Å². The van der Waals surface area contributed by atoms with Gasteiger partial charge in [0.15, 0.2) is 0 Å². The van der Waals surface area contributed by atoms with Gasteiger partial charge in [0.05, 0.1) is 19.6 Å². The molecule has 2 rings (SSSR count). The standard InChI is InChI=1S/C15H16ClNO3S/c1-20-13-5-2-4-11(16)10(13)9-17-12(8-15(18)19)14-6-3-7-21-14/h2-7,12,17H,8-9H2,1H3,(H,18,19). The number of ether oxygens (including phenoxy) is 1. The summed E-state index contributed by atoms with van der Waals surface area (Å²) in [4.78, 5) is 12.0. The van der Waals surface area contributed by atoms with Gasteiger partial charge in [-0.15, -0.1) is 11.3 Å². The zero-order chi connectivity index (χ0) is 15.2. The second kappa shape index (κ2) is 7.45. The first kappa shape index (κ1) is 15.8. The van der Waals surface area contributed by atoms with Crippen LogP contribution >= 0.6 is 22.9 Å². The molecule has 0 spiro atoms. The molecular formula is C15H16ClNO3S. The Morgan fingerprint density at radius 1 is 1.43 bits per heavy atom. The number of rotatable bonds is 7. The van der Waals surface area contributed by atoms with Gasteiger partial charge in [-0.05, 0) is 23.6 Å². The Balaban J connectivity index is 2.14. The molecule has 0 aliphatic carbocycles. The average Bonchev–Trinajstić information content (AvgIpc) is 2.98. The van der Waals surface area contributed by atoms with E-state index in [1.165, 1.54) is 11.3 Å². The Bertz CT molecular complexity index is 601. The van der Waals surface area contributed by atoms with Crippen molar-refractivity contribution in [2.24, 2.45) is 0 Å². The fourth-order valence-corrected chi connectivity index (χ4v) is 3.10. The molecule has 1 aromatic carbocycles. The molecule has 0 aliphatic rings. The molecule has 2 aromatic rings. The van der Waals surface area contributed by atoms with Gasteiger partial charge in [-0.3, -0.25) is 4.79 Å². The van der Waals surface area contributed by atoms with E-state index in [1.54, 1.807) is 13.2 Å². The lowest BCUT2D eigenvalue weighted by atomic mass is 10.1. The zero-order valence-corrected chi connectivity index (χ0v) is 13.1. The van der Waals surface area contributed by atoms with E-state index in [1.807, 2.05) is 29.6 Å². The maximum atomic E-state index is 11.0. The van der Waals surface area contributed by atoms with E-state index >= 15 is 0 Å². The first-order valence-corrected chi connectivity index (χ1v) is 7.67. The highest BCUT2D eigenvalue weighted by molar-refractivity contribution is 7.10. The Morgan fingerprint density at radius 2 is 2.24 bits per heavy atom. The van der Waals surface area contributed by atoms with Crippen LogP contribution in [0.15, 0.2) is 35.7 Å². The first-order valence-electron chi connectivity index (χ1n) is 6.41. The number of nitrogens with one attached hydrogen (secondary N) is 1. The lowest BCUT2D eigenvalue weighted by molar-refractivity contribution is -0.137. The predicted octanol–water partition coefficient (Wildman–Crippen LogP) is 3.72. The van der Waals surface area contributed by atoms with Crippen molar-refractivity contribution < 1.29 is 14.6 Å². The van der Waals surface area contributed by atoms with E-state index in [9.17, 15) is 4.79 Å². The monoisotopic (exact) mass is 325 g/mol. The smallest absolute Gasteiger partial charge is 0.305 e. The van der Waals surface area contributed by atoms with Crippen molar-refractivity contribution in [2.75, 3.05) is 7.11 Å². The lowest BCUT2D eigenvalue weighted by Crippen LogP contribution is -2.23. The Labute approximate surface area is 132 Å². The molecule has 112 valence electrons. The minimum Gasteiger partial charge on any atom is -0.496 e. The highest BCUT2D eigenvalue weighted by atomic mass is 35.5. The van der Waals surface area contributed by atoms with Crippen molar-refractivity contribution in [1.82, 2.24) is 5.32 Å². The largest absolute Gasteiger partial charge is 0.496 e. The number of carboxylic acid groups (broad SMARTS) is 1. The normalized spacial score (nSPS) is 12.1. The number of carbonyl (C=O) groups is 1. The molecule has 0 amide bonds. The Morgan fingerprint density at radius 3 is 2.86 bits per heavy atom. The minimum atomic E-state index is -0.841. The summed E-state index contributed by atoms with van der Waals surface area (Å²) in [7, 11) is 1.59. The molecule has 21 heavy (non-hydrogen) atoms. The summed E-state index contributed by atoms with van der Waals surface area (Å²) < 4.78 is 5.29. The molecule has 1 heterocycles. The van der Waals surface area contributed by atoms with E-state index in [2.05, 4.69) is 5.32 Å². The molecule has 0 saturated carbocycles. The van der Waals surface area contributed by atoms with Crippen molar-refractivity contribution in [2.45, 2.75) is 19.0 Å². The zero-order valence-electron chi connectivity index (χ0n) is 11.5. The molecule has 0 saturated heterocycles. The number of aliphatic carboxylic acids is 1. The predicted molar refractivity (Wildman–Crippen MR) is 84.2 cm³/mol. The summed E-state index contributed by atoms with van der Waals surface area (Å²) >= 11 is 7.72. The number of carboxylic acids is 1. The average molecular weight is 326 g/mol. The highest BCUT2D eigenvalue weighted by Gasteiger charge is 2.17. The molecule has 0 bridgehead atoms. The summed E-state index contributed by atoms with van der Waals surface area (Å²) in [5.74, 6) is -0.151. The Kier molecular flexibility index (Phi) is 5.61. The molecule has 2 N–H and O–H groups in total. The van der Waals surface area contributed by atoms with Crippen LogP contribution < -0.4 is 10.1 Å². The van der Waals surface area contributed by atoms with E-state index in [0.29, 0.717) is 17.3 Å². The van der Waals surface area contributed by atoms with Crippen molar-refractivity contribution in [3.8, 4) is 5.75 Å². The van der Waals surface area contributed by atoms with Crippen molar-refractivity contribution in [1.29, 1.82) is 0 Å². The van der Waals surface area contributed by atoms with Crippen LogP contribution in [0.2, 0.25) is 5.02 Å². The summed E-state index contributed by atoms with van der Waals surface area (Å²) in [6.07, 6.45) is 0.0211. The first-order chi connectivity index (χ1) is 10.1. The minimum absolute atomic E-state index is 0.0211. The molecule has 1 atom stereocenters.